The van der Waals surface area contributed by atoms with E-state index in [-0.39, 0.29) is 49.8 Å². The predicted octanol–water partition coefficient (Wildman–Crippen LogP) is -0.927. The zero-order valence-corrected chi connectivity index (χ0v) is 49.5. The van der Waals surface area contributed by atoms with Crippen LogP contribution in [0.3, 0.4) is 0 Å². The molecule has 3 aliphatic heterocycles. The van der Waals surface area contributed by atoms with Crippen molar-refractivity contribution in [2.45, 2.75) is 145 Å². The van der Waals surface area contributed by atoms with Gasteiger partial charge in [0.2, 0.25) is 35.4 Å². The van der Waals surface area contributed by atoms with Crippen LogP contribution in [0.15, 0.2) is 97.1 Å². The third-order valence-corrected chi connectivity index (χ3v) is 15.8. The molecule has 26 nitrogen and oxygen atoms in total. The van der Waals surface area contributed by atoms with Crippen LogP contribution in [0.5, 0.6) is 11.5 Å². The van der Waals surface area contributed by atoms with Gasteiger partial charge in [0.25, 0.3) is 5.91 Å². The molecule has 3 heterocycles. The molecule has 478 valence electrons. The number of nitrogens with zero attached hydrogens (tertiary/aromatic N) is 2. The summed E-state index contributed by atoms with van der Waals surface area (Å²) in [6.45, 7) is 5.29. The number of hydrogen-bond acceptors (Lipinski definition) is 19. The van der Waals surface area contributed by atoms with Crippen LogP contribution in [0.4, 0.5) is 0 Å². The maximum absolute atomic E-state index is 14.8. The Hall–Kier alpha value is -7.63. The molecule has 4 aromatic rings. The number of aliphatic hydroxyl groups is 7. The molecule has 0 aliphatic carbocycles. The number of carbonyl (C=O) groups is 7. The monoisotopic (exact) mass is 1230 g/mol. The first kappa shape index (κ1) is 67.9. The van der Waals surface area contributed by atoms with Crippen molar-refractivity contribution in [3.05, 3.63) is 108 Å². The Morgan fingerprint density at radius 1 is 0.648 bits per heavy atom. The molecule has 0 saturated carbocycles. The lowest BCUT2D eigenvalue weighted by molar-refractivity contribution is -0.150. The number of amides is 7. The number of ether oxygens (including phenoxy) is 3. The summed E-state index contributed by atoms with van der Waals surface area (Å²) < 4.78 is 17.2. The highest BCUT2D eigenvalue weighted by Gasteiger charge is 2.50. The highest BCUT2D eigenvalue weighted by molar-refractivity contribution is 6.00. The Morgan fingerprint density at radius 3 is 1.78 bits per heavy atom. The topological polar surface area (TPSA) is 402 Å². The first-order chi connectivity index (χ1) is 42.0. The molecular formula is C62H82N8O18. The third kappa shape index (κ3) is 17.2. The Labute approximate surface area is 509 Å². The van der Waals surface area contributed by atoms with Gasteiger partial charge in [0.1, 0.15) is 66.1 Å². The molecule has 0 unspecified atom stereocenters. The summed E-state index contributed by atoms with van der Waals surface area (Å²) in [5.74, 6) is -8.44. The van der Waals surface area contributed by atoms with E-state index in [1.807, 2.05) is 48.5 Å². The minimum atomic E-state index is -2.30. The number of unbranched alkanes of at least 4 members (excludes halogenated alkanes) is 2. The van der Waals surface area contributed by atoms with Crippen LogP contribution in [0.1, 0.15) is 81.8 Å². The van der Waals surface area contributed by atoms with Gasteiger partial charge >= 0.3 is 0 Å². The SMILES string of the molecule is CCCCCOc1ccc(-c2ccc(-c3ccc(C(=O)N[C@H]4C[C@@H](O)[C@@H](OCCOCCN)NC(=O)[C@@H]5[C@@H](O)[C@@H](C)CN5C(=O)[C@H]([C@@H](C)O)NC(=O)[C@H]([C@H](O)[C@@H](O)c5ccc(O)cc5)NC(=O)[C@@H]5C[C@@H](O)CN5C(=O)[C@H]([C@@H](C)O)NC4=O)cc3)cc2)cc1. The lowest BCUT2D eigenvalue weighted by Crippen LogP contribution is -2.64. The van der Waals surface area contributed by atoms with E-state index in [2.05, 4.69) is 33.5 Å². The second kappa shape index (κ2) is 31.5. The third-order valence-electron chi connectivity index (χ3n) is 15.8. The van der Waals surface area contributed by atoms with Gasteiger partial charge in [0, 0.05) is 44.0 Å². The molecule has 3 saturated heterocycles. The number of benzene rings is 4. The minimum Gasteiger partial charge on any atom is -0.508 e. The van der Waals surface area contributed by atoms with Crippen LogP contribution < -0.4 is 37.1 Å². The van der Waals surface area contributed by atoms with Crippen LogP contribution in [0.25, 0.3) is 22.3 Å². The standard InChI is InChI=1S/C62H82N8O18/c1-5-6-7-25-87-44-22-18-39(19-23-44)37-10-8-36(9-11-37)38-12-14-41(15-13-38)55(79)64-45-30-47(75)60(88-28-27-86-26-24-63)68-59(83)51-52(76)33(2)31-70(51)62(85)49(35(4)72)66-58(82)50(54(78)53(77)40-16-20-42(73)21-17-40)67-57(81)46-29-43(74)32-69(46)61(84)48(34(3)71)65-56(45)80/h8-23,33-35,43,45-54,60,71-78H,5-7,24-32,63H2,1-4H3,(H,64,79)(H,65,80)(H,66,82)(H,67,81)(H,68,83)/t33-,34+,35+,43+,45-,46-,47+,48-,49-,50-,51-,52-,53-,54-,60+/m0/s1. The largest absolute Gasteiger partial charge is 0.508 e. The number of nitrogens with two attached hydrogens (primary N) is 1. The molecule has 3 aliphatic rings. The summed E-state index contributed by atoms with van der Waals surface area (Å²) in [5.41, 5.74) is 9.00. The fourth-order valence-corrected chi connectivity index (χ4v) is 10.8. The molecule has 4 aromatic carbocycles. The van der Waals surface area contributed by atoms with Gasteiger partial charge in [0.15, 0.2) is 6.23 Å². The van der Waals surface area contributed by atoms with Gasteiger partial charge < -0.3 is 97.2 Å². The van der Waals surface area contributed by atoms with Gasteiger partial charge in [-0.15, -0.1) is 0 Å². The Kier molecular flexibility index (Phi) is 24.3. The van der Waals surface area contributed by atoms with E-state index in [1.54, 1.807) is 12.1 Å². The average Bonchev–Trinajstić information content (AvgIpc) is 2.10. The summed E-state index contributed by atoms with van der Waals surface area (Å²) in [4.78, 5) is 104. The Morgan fingerprint density at radius 2 is 1.20 bits per heavy atom. The zero-order chi connectivity index (χ0) is 63.9. The van der Waals surface area contributed by atoms with E-state index < -0.39 is 152 Å². The number of rotatable bonds is 20. The van der Waals surface area contributed by atoms with E-state index in [0.717, 1.165) is 83.0 Å². The van der Waals surface area contributed by atoms with Crippen molar-refractivity contribution in [1.29, 1.82) is 0 Å². The summed E-state index contributed by atoms with van der Waals surface area (Å²) in [6, 6.07) is 15.0. The molecule has 0 bridgehead atoms. The number of phenols is 1. The highest BCUT2D eigenvalue weighted by Crippen LogP contribution is 2.30. The van der Waals surface area contributed by atoms with Gasteiger partial charge in [-0.05, 0) is 84.5 Å². The van der Waals surface area contributed by atoms with Gasteiger partial charge in [-0.25, -0.2) is 0 Å². The van der Waals surface area contributed by atoms with Crippen molar-refractivity contribution in [3.63, 3.8) is 0 Å². The number of phenolic OH excluding ortho intramolecular Hbond substituents is 1. The smallest absolute Gasteiger partial charge is 0.251 e. The summed E-state index contributed by atoms with van der Waals surface area (Å²) in [6.07, 6.45) is -12.9. The number of aromatic hydroxyl groups is 1. The Balaban J connectivity index is 1.22. The minimum absolute atomic E-state index is 0.0276. The van der Waals surface area contributed by atoms with Crippen LogP contribution in [-0.4, -0.2) is 217 Å². The van der Waals surface area contributed by atoms with E-state index >= 15 is 0 Å². The second-order valence-corrected chi connectivity index (χ2v) is 22.5. The van der Waals surface area contributed by atoms with E-state index in [9.17, 15) is 74.4 Å². The maximum atomic E-state index is 14.8. The number of carbonyl (C=O) groups excluding carboxylic acids is 7. The summed E-state index contributed by atoms with van der Waals surface area (Å²) in [5, 5.41) is 102. The normalized spacial score (nSPS) is 26.5. The van der Waals surface area contributed by atoms with Crippen molar-refractivity contribution in [1.82, 2.24) is 36.4 Å². The van der Waals surface area contributed by atoms with Gasteiger partial charge in [-0.2, -0.15) is 0 Å². The molecule has 15 atom stereocenters. The molecule has 0 radical (unpaired) electrons. The molecule has 7 rings (SSSR count). The second-order valence-electron chi connectivity index (χ2n) is 22.5. The summed E-state index contributed by atoms with van der Waals surface area (Å²) >= 11 is 0. The Bertz CT molecular complexity index is 2990. The predicted molar refractivity (Wildman–Crippen MR) is 317 cm³/mol. The molecule has 7 amide bonds. The van der Waals surface area contributed by atoms with Crippen molar-refractivity contribution < 1.29 is 88.6 Å². The number of hydrogen-bond donors (Lipinski definition) is 14. The van der Waals surface area contributed by atoms with Gasteiger partial charge in [0.05, 0.1) is 50.8 Å². The summed E-state index contributed by atoms with van der Waals surface area (Å²) in [7, 11) is 0. The highest BCUT2D eigenvalue weighted by atomic mass is 16.5. The molecule has 0 aromatic heterocycles. The molecule has 88 heavy (non-hydrogen) atoms. The lowest BCUT2D eigenvalue weighted by Gasteiger charge is -2.34. The zero-order valence-electron chi connectivity index (χ0n) is 49.5. The van der Waals surface area contributed by atoms with Crippen molar-refractivity contribution in [2.24, 2.45) is 11.7 Å². The average molecular weight is 1230 g/mol. The van der Waals surface area contributed by atoms with E-state index in [4.69, 9.17) is 19.9 Å². The van der Waals surface area contributed by atoms with E-state index in [1.165, 1.54) is 31.2 Å². The van der Waals surface area contributed by atoms with E-state index in [0.29, 0.717) is 6.61 Å². The van der Waals surface area contributed by atoms with Crippen molar-refractivity contribution in [3.8, 4) is 33.8 Å². The number of aliphatic hydroxyl groups excluding tert-OH is 7. The van der Waals surface area contributed by atoms with Gasteiger partial charge in [-0.3, -0.25) is 33.6 Å². The fourth-order valence-electron chi connectivity index (χ4n) is 10.8. The van der Waals surface area contributed by atoms with Crippen LogP contribution in [0.2, 0.25) is 0 Å². The molecule has 15 N–H and O–H groups in total. The molecular weight excluding hydrogens is 1140 g/mol. The first-order valence-electron chi connectivity index (χ1n) is 29.5. The van der Waals surface area contributed by atoms with Gasteiger partial charge in [-0.1, -0.05) is 87.4 Å². The maximum Gasteiger partial charge on any atom is 0.251 e. The number of nitrogens with one attached hydrogen (secondary N) is 5. The fraction of sp³-hybridized carbons (Fsp3) is 0.500. The van der Waals surface area contributed by atoms with Crippen molar-refractivity contribution >= 4 is 41.4 Å². The first-order valence-corrected chi connectivity index (χ1v) is 29.5. The quantitative estimate of drug-likeness (QED) is 0.0476. The van der Waals surface area contributed by atoms with Crippen LogP contribution in [-0.2, 0) is 38.2 Å². The molecule has 3 fully saturated rings. The lowest BCUT2D eigenvalue weighted by atomic mass is 9.96. The van der Waals surface area contributed by atoms with Crippen LogP contribution >= 0.6 is 0 Å². The number of fused-ring (bicyclic) bond motifs is 2. The van der Waals surface area contributed by atoms with Crippen molar-refractivity contribution in [2.75, 3.05) is 46.1 Å². The molecule has 0 spiro atoms. The molecule has 26 heteroatoms. The van der Waals surface area contributed by atoms with Crippen LogP contribution in [0, 0.1) is 5.92 Å².